The third-order valence-corrected chi connectivity index (χ3v) is 6.62. The number of aromatic nitrogens is 2. The van der Waals surface area contributed by atoms with Crippen molar-refractivity contribution in [3.8, 4) is 0 Å². The molecule has 2 fully saturated rings. The van der Waals surface area contributed by atoms with Crippen molar-refractivity contribution in [3.05, 3.63) is 17.7 Å². The Balaban J connectivity index is 1.60. The number of hydrogen-bond donors (Lipinski definition) is 0. The topological polar surface area (TPSA) is 55.2 Å². The zero-order valence-electron chi connectivity index (χ0n) is 11.9. The average Bonchev–Trinajstić information content (AvgIpc) is 3.06. The van der Waals surface area contributed by atoms with E-state index in [1.165, 1.54) is 30.6 Å². The van der Waals surface area contributed by atoms with Gasteiger partial charge in [-0.15, -0.1) is 0 Å². The van der Waals surface area contributed by atoms with Crippen molar-refractivity contribution in [1.82, 2.24) is 13.9 Å². The normalized spacial score (nSPS) is 26.1. The maximum atomic E-state index is 11.6. The van der Waals surface area contributed by atoms with E-state index in [0.717, 1.165) is 31.7 Å². The highest BCUT2D eigenvalue weighted by atomic mass is 32.2. The molecule has 1 saturated carbocycles. The summed E-state index contributed by atoms with van der Waals surface area (Å²) in [4.78, 5) is 4.72. The van der Waals surface area contributed by atoms with Crippen LogP contribution in [0.5, 0.6) is 0 Å². The second kappa shape index (κ2) is 4.07. The van der Waals surface area contributed by atoms with Gasteiger partial charge in [0.15, 0.2) is 0 Å². The first-order chi connectivity index (χ1) is 9.50. The molecule has 0 atom stereocenters. The van der Waals surface area contributed by atoms with Crippen LogP contribution in [0, 0.1) is 0 Å². The first kappa shape index (κ1) is 12.8. The van der Waals surface area contributed by atoms with Gasteiger partial charge in [-0.3, -0.25) is 0 Å². The lowest BCUT2D eigenvalue weighted by Crippen LogP contribution is -2.44. The molecule has 2 aliphatic heterocycles. The second-order valence-corrected chi connectivity index (χ2v) is 8.61. The fraction of sp³-hybridized carbons (Fsp3) is 0.786. The van der Waals surface area contributed by atoms with E-state index in [-0.39, 0.29) is 5.41 Å². The Morgan fingerprint density at radius 1 is 1.20 bits per heavy atom. The van der Waals surface area contributed by atoms with Crippen LogP contribution in [0.15, 0.2) is 6.20 Å². The number of nitrogens with zero attached hydrogens (tertiary/aromatic N) is 3. The summed E-state index contributed by atoms with van der Waals surface area (Å²) < 4.78 is 27.3. The van der Waals surface area contributed by atoms with Gasteiger partial charge in [0.1, 0.15) is 5.82 Å². The SMILES string of the molecule is CS(=O)(=O)N1CCC2(CC1)CCn1c(C3CC3)cnc12. The Kier molecular flexibility index (Phi) is 2.61. The number of hydrogen-bond acceptors (Lipinski definition) is 3. The third kappa shape index (κ3) is 1.84. The van der Waals surface area contributed by atoms with Gasteiger partial charge < -0.3 is 4.57 Å². The summed E-state index contributed by atoms with van der Waals surface area (Å²) in [6.45, 7) is 2.36. The van der Waals surface area contributed by atoms with Crippen LogP contribution in [-0.2, 0) is 22.0 Å². The lowest BCUT2D eigenvalue weighted by molar-refractivity contribution is 0.229. The number of rotatable bonds is 2. The molecule has 0 amide bonds. The lowest BCUT2D eigenvalue weighted by Gasteiger charge is -2.37. The van der Waals surface area contributed by atoms with E-state index in [0.29, 0.717) is 13.1 Å². The Labute approximate surface area is 120 Å². The molecule has 0 bridgehead atoms. The molecule has 0 radical (unpaired) electrons. The van der Waals surface area contributed by atoms with Gasteiger partial charge in [0.05, 0.1) is 6.26 Å². The summed E-state index contributed by atoms with van der Waals surface area (Å²) in [6.07, 6.45) is 8.96. The quantitative estimate of drug-likeness (QED) is 0.830. The minimum atomic E-state index is -3.04. The Morgan fingerprint density at radius 2 is 1.85 bits per heavy atom. The summed E-state index contributed by atoms with van der Waals surface area (Å²) in [7, 11) is -3.04. The van der Waals surface area contributed by atoms with Gasteiger partial charge in [0.25, 0.3) is 0 Å². The first-order valence-corrected chi connectivity index (χ1v) is 9.35. The van der Waals surface area contributed by atoms with E-state index in [9.17, 15) is 8.42 Å². The molecule has 4 rings (SSSR count). The fourth-order valence-electron chi connectivity index (χ4n) is 3.91. The molecule has 3 aliphatic rings. The highest BCUT2D eigenvalue weighted by molar-refractivity contribution is 7.88. The van der Waals surface area contributed by atoms with Gasteiger partial charge in [-0.05, 0) is 32.1 Å². The maximum absolute atomic E-state index is 11.6. The zero-order valence-corrected chi connectivity index (χ0v) is 12.7. The molecule has 110 valence electrons. The summed E-state index contributed by atoms with van der Waals surface area (Å²) in [5.74, 6) is 1.97. The predicted molar refractivity (Wildman–Crippen MR) is 76.1 cm³/mol. The van der Waals surface area contributed by atoms with Crippen LogP contribution < -0.4 is 0 Å². The second-order valence-electron chi connectivity index (χ2n) is 6.62. The van der Waals surface area contributed by atoms with Crippen molar-refractivity contribution in [3.63, 3.8) is 0 Å². The number of sulfonamides is 1. The lowest BCUT2D eigenvalue weighted by atomic mass is 9.77. The van der Waals surface area contributed by atoms with Crippen molar-refractivity contribution < 1.29 is 8.42 Å². The molecular formula is C14H21N3O2S. The van der Waals surface area contributed by atoms with Gasteiger partial charge in [-0.25, -0.2) is 17.7 Å². The van der Waals surface area contributed by atoms with Crippen LogP contribution in [0.4, 0.5) is 0 Å². The Hall–Kier alpha value is -0.880. The zero-order chi connectivity index (χ0) is 14.0. The monoisotopic (exact) mass is 295 g/mol. The van der Waals surface area contributed by atoms with Crippen molar-refractivity contribution >= 4 is 10.0 Å². The van der Waals surface area contributed by atoms with Crippen LogP contribution in [0.25, 0.3) is 0 Å². The standard InChI is InChI=1S/C14H21N3O2S/c1-20(18,19)16-7-4-14(5-8-16)6-9-17-12(11-2-3-11)10-15-13(14)17/h10-11H,2-9H2,1H3. The number of imidazole rings is 1. The molecule has 6 heteroatoms. The molecule has 3 heterocycles. The summed E-state index contributed by atoms with van der Waals surface area (Å²) in [6, 6.07) is 0. The van der Waals surface area contributed by atoms with Gasteiger partial charge in [0.2, 0.25) is 10.0 Å². The Bertz CT molecular complexity index is 637. The van der Waals surface area contributed by atoms with E-state index in [4.69, 9.17) is 4.98 Å². The third-order valence-electron chi connectivity index (χ3n) is 5.32. The molecule has 1 aliphatic carbocycles. The van der Waals surface area contributed by atoms with E-state index in [1.807, 2.05) is 0 Å². The van der Waals surface area contributed by atoms with Crippen LogP contribution in [-0.4, -0.2) is 41.6 Å². The molecule has 1 spiro atoms. The van der Waals surface area contributed by atoms with E-state index in [2.05, 4.69) is 10.8 Å². The number of fused-ring (bicyclic) bond motifs is 2. The molecule has 1 aromatic heterocycles. The van der Waals surface area contributed by atoms with Crippen LogP contribution in [0.2, 0.25) is 0 Å². The largest absolute Gasteiger partial charge is 0.331 e. The number of piperidine rings is 1. The van der Waals surface area contributed by atoms with Gasteiger partial charge >= 0.3 is 0 Å². The van der Waals surface area contributed by atoms with Gasteiger partial charge in [-0.2, -0.15) is 0 Å². The Morgan fingerprint density at radius 3 is 2.45 bits per heavy atom. The van der Waals surface area contributed by atoms with E-state index >= 15 is 0 Å². The minimum absolute atomic E-state index is 0.133. The predicted octanol–water partition coefficient (Wildman–Crippen LogP) is 1.46. The van der Waals surface area contributed by atoms with Crippen LogP contribution in [0.3, 0.4) is 0 Å². The molecule has 1 aromatic rings. The van der Waals surface area contributed by atoms with Crippen molar-refractivity contribution in [2.45, 2.75) is 50.0 Å². The molecule has 5 nitrogen and oxygen atoms in total. The van der Waals surface area contributed by atoms with Crippen molar-refractivity contribution in [1.29, 1.82) is 0 Å². The molecule has 1 saturated heterocycles. The van der Waals surface area contributed by atoms with Crippen molar-refractivity contribution in [2.75, 3.05) is 19.3 Å². The van der Waals surface area contributed by atoms with E-state index in [1.54, 1.807) is 4.31 Å². The maximum Gasteiger partial charge on any atom is 0.211 e. The smallest absolute Gasteiger partial charge is 0.211 e. The molecule has 0 aromatic carbocycles. The molecule has 0 N–H and O–H groups in total. The molecule has 20 heavy (non-hydrogen) atoms. The van der Waals surface area contributed by atoms with Crippen LogP contribution >= 0.6 is 0 Å². The van der Waals surface area contributed by atoms with Crippen molar-refractivity contribution in [2.24, 2.45) is 0 Å². The van der Waals surface area contributed by atoms with Gasteiger partial charge in [0, 0.05) is 42.9 Å². The fourth-order valence-corrected chi connectivity index (χ4v) is 4.76. The van der Waals surface area contributed by atoms with Crippen LogP contribution in [0.1, 0.15) is 49.5 Å². The first-order valence-electron chi connectivity index (χ1n) is 7.51. The summed E-state index contributed by atoms with van der Waals surface area (Å²) in [5.41, 5.74) is 1.55. The highest BCUT2D eigenvalue weighted by Gasteiger charge is 2.46. The van der Waals surface area contributed by atoms with Gasteiger partial charge in [-0.1, -0.05) is 0 Å². The molecule has 0 unspecified atom stereocenters. The highest BCUT2D eigenvalue weighted by Crippen LogP contribution is 2.47. The molecular weight excluding hydrogens is 274 g/mol. The summed E-state index contributed by atoms with van der Waals surface area (Å²) in [5, 5.41) is 0. The summed E-state index contributed by atoms with van der Waals surface area (Å²) >= 11 is 0. The minimum Gasteiger partial charge on any atom is -0.331 e. The average molecular weight is 295 g/mol. The van der Waals surface area contributed by atoms with E-state index < -0.39 is 10.0 Å².